The number of benzene rings is 2. The Balaban J connectivity index is 1.20. The van der Waals surface area contributed by atoms with E-state index in [2.05, 4.69) is 5.32 Å². The van der Waals surface area contributed by atoms with Crippen LogP contribution in [0, 0.1) is 37.5 Å². The molecule has 2 bridgehead atoms. The quantitative estimate of drug-likeness (QED) is 0.559. The molecule has 2 aromatic carbocycles. The lowest BCUT2D eigenvalue weighted by atomic mass is 9.81. The third-order valence-electron chi connectivity index (χ3n) is 7.28. The number of nitrogens with zero attached hydrogens (tertiary/aromatic N) is 1. The normalized spacial score (nSPS) is 25.3. The number of imide groups is 1. The standard InChI is InChI=1S/C26H26N2O5/c1-14-3-10-20(15(2)11-14)27-21(29)13-33-26(32)16-6-8-19(9-7-16)28-24(30)22-17-4-5-18(12-17)23(22)25(28)31/h3,6-11,17-18,22-23H,4-5,12-13H2,1-2H3,(H,27,29)/t17-,18-,22-,23-/m0/s1. The molecule has 2 saturated carbocycles. The number of anilines is 2. The second-order valence-electron chi connectivity index (χ2n) is 9.39. The molecule has 1 heterocycles. The molecule has 7 heteroatoms. The fraction of sp³-hybridized carbons (Fsp3) is 0.385. The zero-order valence-electron chi connectivity index (χ0n) is 18.7. The maximum absolute atomic E-state index is 12.9. The summed E-state index contributed by atoms with van der Waals surface area (Å²) in [6, 6.07) is 11.9. The minimum Gasteiger partial charge on any atom is -0.452 e. The summed E-state index contributed by atoms with van der Waals surface area (Å²) in [5.41, 5.74) is 3.41. The van der Waals surface area contributed by atoms with Gasteiger partial charge in [0.15, 0.2) is 6.61 Å². The lowest BCUT2D eigenvalue weighted by Gasteiger charge is -2.19. The molecule has 5 rings (SSSR count). The van der Waals surface area contributed by atoms with Gasteiger partial charge >= 0.3 is 5.97 Å². The van der Waals surface area contributed by atoms with E-state index in [1.807, 2.05) is 32.0 Å². The van der Waals surface area contributed by atoms with Gasteiger partial charge in [0.2, 0.25) is 11.8 Å². The van der Waals surface area contributed by atoms with Gasteiger partial charge in [-0.05, 0) is 80.8 Å². The Morgan fingerprint density at radius 2 is 1.61 bits per heavy atom. The lowest BCUT2D eigenvalue weighted by molar-refractivity contribution is -0.123. The SMILES string of the molecule is Cc1ccc(NC(=O)COC(=O)c2ccc(N3C(=O)[C@H]4[C@H]5CC[C@@H](C5)[C@@H]4C3=O)cc2)c(C)c1. The average molecular weight is 447 g/mol. The Labute approximate surface area is 192 Å². The predicted molar refractivity (Wildman–Crippen MR) is 122 cm³/mol. The van der Waals surface area contributed by atoms with E-state index in [1.54, 1.807) is 12.1 Å². The van der Waals surface area contributed by atoms with Gasteiger partial charge in [0.25, 0.3) is 5.91 Å². The number of nitrogens with one attached hydrogen (secondary N) is 1. The number of rotatable bonds is 5. The van der Waals surface area contributed by atoms with Crippen LogP contribution < -0.4 is 10.2 Å². The number of aryl methyl sites for hydroxylation is 2. The molecule has 3 fully saturated rings. The first-order valence-electron chi connectivity index (χ1n) is 11.4. The zero-order valence-corrected chi connectivity index (χ0v) is 18.7. The first kappa shape index (κ1) is 21.4. The van der Waals surface area contributed by atoms with E-state index in [-0.39, 0.29) is 29.2 Å². The van der Waals surface area contributed by atoms with E-state index >= 15 is 0 Å². The molecule has 3 aliphatic rings. The van der Waals surface area contributed by atoms with E-state index in [9.17, 15) is 19.2 Å². The second-order valence-corrected chi connectivity index (χ2v) is 9.39. The molecule has 0 radical (unpaired) electrons. The van der Waals surface area contributed by atoms with Crippen LogP contribution in [-0.4, -0.2) is 30.3 Å². The van der Waals surface area contributed by atoms with Gasteiger partial charge in [-0.2, -0.15) is 0 Å². The summed E-state index contributed by atoms with van der Waals surface area (Å²) in [6.45, 7) is 3.45. The van der Waals surface area contributed by atoms with Gasteiger partial charge in [-0.15, -0.1) is 0 Å². The van der Waals surface area contributed by atoms with Crippen LogP contribution in [-0.2, 0) is 19.1 Å². The molecule has 0 spiro atoms. The molecule has 1 aliphatic heterocycles. The molecule has 7 nitrogen and oxygen atoms in total. The predicted octanol–water partition coefficient (Wildman–Crippen LogP) is 3.63. The minimum atomic E-state index is -0.647. The fourth-order valence-corrected chi connectivity index (χ4v) is 5.76. The van der Waals surface area contributed by atoms with Crippen LogP contribution in [0.25, 0.3) is 0 Å². The molecular formula is C26H26N2O5. The van der Waals surface area contributed by atoms with Crippen molar-refractivity contribution in [3.63, 3.8) is 0 Å². The van der Waals surface area contributed by atoms with E-state index in [1.165, 1.54) is 17.0 Å². The number of hydrogen-bond donors (Lipinski definition) is 1. The highest BCUT2D eigenvalue weighted by Crippen LogP contribution is 2.56. The number of esters is 1. The number of carbonyl (C=O) groups excluding carboxylic acids is 4. The van der Waals surface area contributed by atoms with E-state index in [4.69, 9.17) is 4.74 Å². The first-order chi connectivity index (χ1) is 15.8. The van der Waals surface area contributed by atoms with Gasteiger partial charge in [0.1, 0.15) is 0 Å². The zero-order chi connectivity index (χ0) is 23.3. The summed E-state index contributed by atoms with van der Waals surface area (Å²) in [4.78, 5) is 51.7. The van der Waals surface area contributed by atoms with Crippen molar-refractivity contribution in [2.45, 2.75) is 33.1 Å². The van der Waals surface area contributed by atoms with Crippen LogP contribution in [0.2, 0.25) is 0 Å². The first-order valence-corrected chi connectivity index (χ1v) is 11.4. The van der Waals surface area contributed by atoms with Gasteiger partial charge in [-0.1, -0.05) is 17.7 Å². The molecular weight excluding hydrogens is 420 g/mol. The van der Waals surface area contributed by atoms with Gasteiger partial charge in [0.05, 0.1) is 23.1 Å². The molecule has 33 heavy (non-hydrogen) atoms. The molecule has 0 aromatic heterocycles. The molecule has 4 atom stereocenters. The third-order valence-corrected chi connectivity index (χ3v) is 7.28. The van der Waals surface area contributed by atoms with Crippen molar-refractivity contribution in [2.75, 3.05) is 16.8 Å². The van der Waals surface area contributed by atoms with Crippen molar-refractivity contribution in [2.24, 2.45) is 23.7 Å². The van der Waals surface area contributed by atoms with Crippen LogP contribution in [0.1, 0.15) is 40.7 Å². The highest BCUT2D eigenvalue weighted by Gasteiger charge is 2.61. The Bertz CT molecular complexity index is 1130. The van der Waals surface area contributed by atoms with Crippen molar-refractivity contribution in [3.05, 3.63) is 59.2 Å². The van der Waals surface area contributed by atoms with Crippen LogP contribution in [0.4, 0.5) is 11.4 Å². The van der Waals surface area contributed by atoms with Crippen molar-refractivity contribution < 1.29 is 23.9 Å². The van der Waals surface area contributed by atoms with Crippen molar-refractivity contribution in [3.8, 4) is 0 Å². The maximum atomic E-state index is 12.9. The summed E-state index contributed by atoms with van der Waals surface area (Å²) >= 11 is 0. The molecule has 2 aromatic rings. The van der Waals surface area contributed by atoms with Crippen LogP contribution >= 0.6 is 0 Å². The van der Waals surface area contributed by atoms with Crippen LogP contribution in [0.3, 0.4) is 0 Å². The van der Waals surface area contributed by atoms with Gasteiger partial charge in [-0.3, -0.25) is 19.3 Å². The highest BCUT2D eigenvalue weighted by atomic mass is 16.5. The second kappa shape index (κ2) is 8.14. The van der Waals surface area contributed by atoms with Crippen LogP contribution in [0.5, 0.6) is 0 Å². The number of fused-ring (bicyclic) bond motifs is 5. The maximum Gasteiger partial charge on any atom is 0.338 e. The van der Waals surface area contributed by atoms with Gasteiger partial charge in [0, 0.05) is 5.69 Å². The lowest BCUT2D eigenvalue weighted by Crippen LogP contribution is -2.32. The minimum absolute atomic E-state index is 0.115. The van der Waals surface area contributed by atoms with E-state index in [0.717, 1.165) is 30.4 Å². The number of ether oxygens (including phenoxy) is 1. The van der Waals surface area contributed by atoms with Crippen molar-refractivity contribution >= 4 is 35.1 Å². The fourth-order valence-electron chi connectivity index (χ4n) is 5.76. The van der Waals surface area contributed by atoms with Crippen molar-refractivity contribution in [1.82, 2.24) is 0 Å². The van der Waals surface area contributed by atoms with E-state index < -0.39 is 18.5 Å². The topological polar surface area (TPSA) is 92.8 Å². The molecule has 0 unspecified atom stereocenters. The molecule has 170 valence electrons. The summed E-state index contributed by atoms with van der Waals surface area (Å²) < 4.78 is 5.13. The van der Waals surface area contributed by atoms with Crippen molar-refractivity contribution in [1.29, 1.82) is 0 Å². The molecule has 3 amide bonds. The van der Waals surface area contributed by atoms with Gasteiger partial charge in [-0.25, -0.2) is 4.79 Å². The monoisotopic (exact) mass is 446 g/mol. The Morgan fingerprint density at radius 3 is 2.21 bits per heavy atom. The molecule has 1 saturated heterocycles. The Hall–Kier alpha value is -3.48. The van der Waals surface area contributed by atoms with E-state index in [0.29, 0.717) is 23.2 Å². The molecule has 1 N–H and O–H groups in total. The number of carbonyl (C=O) groups is 4. The summed E-state index contributed by atoms with van der Waals surface area (Å²) in [5, 5.41) is 2.73. The molecule has 2 aliphatic carbocycles. The average Bonchev–Trinajstić information content (AvgIpc) is 3.48. The highest BCUT2D eigenvalue weighted by molar-refractivity contribution is 6.22. The summed E-state index contributed by atoms with van der Waals surface area (Å²) in [7, 11) is 0. The summed E-state index contributed by atoms with van der Waals surface area (Å²) in [5.74, 6) is -1.02. The van der Waals surface area contributed by atoms with Gasteiger partial charge < -0.3 is 10.1 Å². The Morgan fingerprint density at radius 1 is 0.970 bits per heavy atom. The summed E-state index contributed by atoms with van der Waals surface area (Å²) in [6.07, 6.45) is 3.05. The third kappa shape index (κ3) is 3.71. The number of hydrogen-bond acceptors (Lipinski definition) is 5. The van der Waals surface area contributed by atoms with Crippen LogP contribution in [0.15, 0.2) is 42.5 Å². The largest absolute Gasteiger partial charge is 0.452 e. The Kier molecular flexibility index (Phi) is 5.27. The number of amides is 3. The smallest absolute Gasteiger partial charge is 0.338 e.